The lowest BCUT2D eigenvalue weighted by atomic mass is 9.99. The SMILES string of the molecule is CC1=C(C(=O)Nc2ccccn2)C(c2ccccn2)n2nc(-c3ccccc3Cl)nc2N1. The molecule has 2 N–H and O–H groups in total. The number of aromatic nitrogens is 5. The van der Waals surface area contributed by atoms with Crippen LogP contribution in [0.15, 0.2) is 84.3 Å². The van der Waals surface area contributed by atoms with E-state index in [4.69, 9.17) is 16.7 Å². The zero-order valence-electron chi connectivity index (χ0n) is 17.0. The lowest BCUT2D eigenvalue weighted by molar-refractivity contribution is -0.113. The number of amides is 1. The fourth-order valence-corrected chi connectivity index (χ4v) is 3.85. The highest BCUT2D eigenvalue weighted by Crippen LogP contribution is 2.36. The highest BCUT2D eigenvalue weighted by atomic mass is 35.5. The van der Waals surface area contributed by atoms with E-state index in [-0.39, 0.29) is 5.91 Å². The Bertz CT molecular complexity index is 1320. The third-order valence-electron chi connectivity index (χ3n) is 5.09. The molecular weight excluding hydrogens is 426 g/mol. The summed E-state index contributed by atoms with van der Waals surface area (Å²) in [6, 6.07) is 17.7. The number of allylic oxidation sites excluding steroid dienone is 1. The lowest BCUT2D eigenvalue weighted by Crippen LogP contribution is -2.32. The van der Waals surface area contributed by atoms with Crippen molar-refractivity contribution in [3.05, 3.63) is 95.0 Å². The Morgan fingerprint density at radius 3 is 2.50 bits per heavy atom. The number of fused-ring (bicyclic) bond motifs is 1. The summed E-state index contributed by atoms with van der Waals surface area (Å²) in [4.78, 5) is 26.7. The predicted molar refractivity (Wildman–Crippen MR) is 122 cm³/mol. The van der Waals surface area contributed by atoms with Gasteiger partial charge in [0.25, 0.3) is 5.91 Å². The van der Waals surface area contributed by atoms with Crippen LogP contribution in [0.3, 0.4) is 0 Å². The molecule has 0 spiro atoms. The molecule has 0 fully saturated rings. The molecule has 158 valence electrons. The highest BCUT2D eigenvalue weighted by Gasteiger charge is 2.35. The van der Waals surface area contributed by atoms with Crippen LogP contribution in [-0.4, -0.2) is 30.6 Å². The molecule has 1 aliphatic heterocycles. The highest BCUT2D eigenvalue weighted by molar-refractivity contribution is 6.33. The van der Waals surface area contributed by atoms with Crippen LogP contribution < -0.4 is 10.6 Å². The van der Waals surface area contributed by atoms with E-state index in [1.807, 2.05) is 49.4 Å². The smallest absolute Gasteiger partial charge is 0.257 e. The van der Waals surface area contributed by atoms with Crippen LogP contribution in [0.4, 0.5) is 11.8 Å². The van der Waals surface area contributed by atoms with Gasteiger partial charge in [-0.2, -0.15) is 4.98 Å². The first-order valence-corrected chi connectivity index (χ1v) is 10.3. The molecule has 32 heavy (non-hydrogen) atoms. The van der Waals surface area contributed by atoms with Crippen molar-refractivity contribution in [2.75, 3.05) is 10.6 Å². The summed E-state index contributed by atoms with van der Waals surface area (Å²) in [7, 11) is 0. The normalized spacial score (nSPS) is 15.1. The third-order valence-corrected chi connectivity index (χ3v) is 5.42. The van der Waals surface area contributed by atoms with Gasteiger partial charge in [-0.3, -0.25) is 9.78 Å². The number of anilines is 2. The minimum absolute atomic E-state index is 0.301. The second-order valence-electron chi connectivity index (χ2n) is 7.17. The Kier molecular flexibility index (Phi) is 5.12. The second kappa shape index (κ2) is 8.24. The van der Waals surface area contributed by atoms with Crippen LogP contribution in [-0.2, 0) is 4.79 Å². The molecule has 3 aromatic heterocycles. The molecule has 1 atom stereocenters. The lowest BCUT2D eigenvalue weighted by Gasteiger charge is -2.27. The number of pyridine rings is 2. The minimum atomic E-state index is -0.583. The maximum Gasteiger partial charge on any atom is 0.257 e. The Hall–Kier alpha value is -4.04. The first kappa shape index (κ1) is 19.9. The number of carbonyl (C=O) groups is 1. The molecule has 0 saturated heterocycles. The van der Waals surface area contributed by atoms with Crippen molar-refractivity contribution in [2.45, 2.75) is 13.0 Å². The summed E-state index contributed by atoms with van der Waals surface area (Å²) >= 11 is 6.37. The molecule has 4 heterocycles. The van der Waals surface area contributed by atoms with Gasteiger partial charge in [-0.05, 0) is 43.3 Å². The van der Waals surface area contributed by atoms with Crippen LogP contribution in [0.5, 0.6) is 0 Å². The van der Waals surface area contributed by atoms with E-state index in [9.17, 15) is 4.79 Å². The van der Waals surface area contributed by atoms with E-state index < -0.39 is 6.04 Å². The van der Waals surface area contributed by atoms with Crippen molar-refractivity contribution >= 4 is 29.3 Å². The molecule has 0 saturated carbocycles. The molecule has 0 radical (unpaired) electrons. The third kappa shape index (κ3) is 3.61. The molecule has 1 aliphatic rings. The Balaban J connectivity index is 1.61. The molecule has 0 bridgehead atoms. The molecule has 4 aromatic rings. The summed E-state index contributed by atoms with van der Waals surface area (Å²) in [6.07, 6.45) is 3.31. The molecule has 0 aliphatic carbocycles. The average molecular weight is 444 g/mol. The summed E-state index contributed by atoms with van der Waals surface area (Å²) < 4.78 is 1.67. The number of nitrogens with zero attached hydrogens (tertiary/aromatic N) is 5. The van der Waals surface area contributed by atoms with Gasteiger partial charge in [0.1, 0.15) is 11.9 Å². The van der Waals surface area contributed by atoms with Gasteiger partial charge < -0.3 is 10.6 Å². The standard InChI is InChI=1S/C23H18ClN7O/c1-14-19(22(32)28-18-11-5-7-13-26-18)20(17-10-4-6-12-25-17)31-23(27-14)29-21(30-31)15-8-2-3-9-16(15)24/h2-13,20H,1H3,(H,26,28,32)(H,27,29,30). The maximum absolute atomic E-state index is 13.3. The number of carbonyl (C=O) groups excluding carboxylic acids is 1. The van der Waals surface area contributed by atoms with Crippen molar-refractivity contribution in [1.82, 2.24) is 24.7 Å². The van der Waals surface area contributed by atoms with Crippen molar-refractivity contribution in [3.63, 3.8) is 0 Å². The molecule has 1 unspecified atom stereocenters. The molecule has 9 heteroatoms. The minimum Gasteiger partial charge on any atom is -0.328 e. The van der Waals surface area contributed by atoms with Crippen LogP contribution in [0.25, 0.3) is 11.4 Å². The van der Waals surface area contributed by atoms with Gasteiger partial charge in [0.2, 0.25) is 5.95 Å². The van der Waals surface area contributed by atoms with E-state index in [1.54, 1.807) is 35.3 Å². The number of rotatable bonds is 4. The predicted octanol–water partition coefficient (Wildman–Crippen LogP) is 4.32. The van der Waals surface area contributed by atoms with Crippen molar-refractivity contribution in [3.8, 4) is 11.4 Å². The van der Waals surface area contributed by atoms with Gasteiger partial charge in [-0.15, -0.1) is 5.10 Å². The number of nitrogens with one attached hydrogen (secondary N) is 2. The number of hydrogen-bond donors (Lipinski definition) is 2. The van der Waals surface area contributed by atoms with Crippen molar-refractivity contribution in [2.24, 2.45) is 0 Å². The largest absolute Gasteiger partial charge is 0.328 e. The van der Waals surface area contributed by atoms with Crippen LogP contribution in [0.2, 0.25) is 5.02 Å². The molecule has 5 rings (SSSR count). The Morgan fingerprint density at radius 1 is 1.03 bits per heavy atom. The second-order valence-corrected chi connectivity index (χ2v) is 7.58. The zero-order chi connectivity index (χ0) is 22.1. The monoisotopic (exact) mass is 443 g/mol. The van der Waals surface area contributed by atoms with Gasteiger partial charge in [-0.1, -0.05) is 35.9 Å². The maximum atomic E-state index is 13.3. The topological polar surface area (TPSA) is 97.6 Å². The fraction of sp³-hybridized carbons (Fsp3) is 0.0870. The summed E-state index contributed by atoms with van der Waals surface area (Å²) in [5.74, 6) is 1.11. The van der Waals surface area contributed by atoms with Gasteiger partial charge in [-0.25, -0.2) is 9.67 Å². The quantitative estimate of drug-likeness (QED) is 0.487. The summed E-state index contributed by atoms with van der Waals surface area (Å²) in [6.45, 7) is 1.83. The van der Waals surface area contributed by atoms with Gasteiger partial charge >= 0.3 is 0 Å². The van der Waals surface area contributed by atoms with Crippen molar-refractivity contribution < 1.29 is 4.79 Å². The Morgan fingerprint density at radius 2 is 1.78 bits per heavy atom. The van der Waals surface area contributed by atoms with E-state index in [0.29, 0.717) is 45.1 Å². The molecular formula is C23H18ClN7O. The van der Waals surface area contributed by atoms with Gasteiger partial charge in [0, 0.05) is 23.7 Å². The van der Waals surface area contributed by atoms with Gasteiger partial charge in [0.15, 0.2) is 5.82 Å². The molecule has 8 nitrogen and oxygen atoms in total. The van der Waals surface area contributed by atoms with Crippen LogP contribution in [0, 0.1) is 0 Å². The van der Waals surface area contributed by atoms with Crippen molar-refractivity contribution in [1.29, 1.82) is 0 Å². The first-order valence-electron chi connectivity index (χ1n) is 9.94. The van der Waals surface area contributed by atoms with E-state index in [1.165, 1.54) is 0 Å². The molecule has 1 amide bonds. The number of halogens is 1. The van der Waals surface area contributed by atoms with Crippen LogP contribution in [0.1, 0.15) is 18.7 Å². The molecule has 1 aromatic carbocycles. The summed E-state index contributed by atoms with van der Waals surface area (Å²) in [5, 5.41) is 11.3. The number of hydrogen-bond acceptors (Lipinski definition) is 6. The average Bonchev–Trinajstić information content (AvgIpc) is 3.23. The van der Waals surface area contributed by atoms with E-state index in [2.05, 4.69) is 25.6 Å². The zero-order valence-corrected chi connectivity index (χ0v) is 17.8. The fourth-order valence-electron chi connectivity index (χ4n) is 3.63. The first-order chi connectivity index (χ1) is 15.6. The Labute approximate surface area is 189 Å². The van der Waals surface area contributed by atoms with E-state index >= 15 is 0 Å². The van der Waals surface area contributed by atoms with Gasteiger partial charge in [0.05, 0.1) is 16.3 Å². The van der Waals surface area contributed by atoms with E-state index in [0.717, 1.165) is 0 Å². The van der Waals surface area contributed by atoms with Crippen LogP contribution >= 0.6 is 11.6 Å². The number of benzene rings is 1. The summed E-state index contributed by atoms with van der Waals surface area (Å²) in [5.41, 5.74) is 2.49.